The van der Waals surface area contributed by atoms with Gasteiger partial charge >= 0.3 is 0 Å². The van der Waals surface area contributed by atoms with E-state index in [1.165, 1.54) is 42.3 Å². The molecule has 0 radical (unpaired) electrons. The average molecular weight is 488 g/mol. The van der Waals surface area contributed by atoms with Gasteiger partial charge in [0.2, 0.25) is 21.8 Å². The van der Waals surface area contributed by atoms with Crippen molar-refractivity contribution in [1.82, 2.24) is 10.2 Å². The van der Waals surface area contributed by atoms with Gasteiger partial charge in [-0.15, -0.1) is 0 Å². The number of sulfonamides is 1. The Bertz CT molecular complexity index is 1080. The highest BCUT2D eigenvalue weighted by Gasteiger charge is 2.31. The van der Waals surface area contributed by atoms with Gasteiger partial charge in [-0.1, -0.05) is 30.7 Å². The molecule has 2 aromatic carbocycles. The lowest BCUT2D eigenvalue weighted by atomic mass is 10.1. The minimum absolute atomic E-state index is 0.00183. The Balaban J connectivity index is 2.43. The Morgan fingerprint density at radius 2 is 1.75 bits per heavy atom. The van der Waals surface area contributed by atoms with Crippen LogP contribution in [-0.4, -0.2) is 51.0 Å². The molecule has 0 aliphatic rings. The summed E-state index contributed by atoms with van der Waals surface area (Å²) in [7, 11) is -2.53. The number of nitrogens with zero attached hydrogens (tertiary/aromatic N) is 2. The molecule has 0 spiro atoms. The molecule has 0 bridgehead atoms. The van der Waals surface area contributed by atoms with E-state index in [2.05, 4.69) is 5.32 Å². The van der Waals surface area contributed by atoms with Crippen molar-refractivity contribution in [2.45, 2.75) is 25.9 Å². The number of nitrogens with one attached hydrogen (secondary N) is 1. The van der Waals surface area contributed by atoms with Gasteiger partial charge in [0.25, 0.3) is 0 Å². The first kappa shape index (κ1) is 25.5. The highest BCUT2D eigenvalue weighted by atomic mass is 35.5. The number of benzene rings is 2. The number of likely N-dealkylation sites (N-methyl/N-ethyl adjacent to an activating group) is 1. The fourth-order valence-corrected chi connectivity index (χ4v) is 4.14. The maximum absolute atomic E-state index is 13.6. The van der Waals surface area contributed by atoms with Gasteiger partial charge < -0.3 is 10.2 Å². The largest absolute Gasteiger partial charge is 0.357 e. The van der Waals surface area contributed by atoms with E-state index < -0.39 is 46.1 Å². The van der Waals surface area contributed by atoms with Crippen LogP contribution in [0.5, 0.6) is 0 Å². The first-order chi connectivity index (χ1) is 15.0. The number of carbonyl (C=O) groups is 2. The topological polar surface area (TPSA) is 86.8 Å². The van der Waals surface area contributed by atoms with E-state index in [9.17, 15) is 26.8 Å². The molecule has 0 saturated heterocycles. The van der Waals surface area contributed by atoms with Gasteiger partial charge in [0, 0.05) is 13.6 Å². The molecule has 0 aromatic heterocycles. The van der Waals surface area contributed by atoms with E-state index >= 15 is 0 Å². The summed E-state index contributed by atoms with van der Waals surface area (Å²) in [5, 5.41) is 2.19. The number of hydrogen-bond acceptors (Lipinski definition) is 4. The van der Waals surface area contributed by atoms with Gasteiger partial charge in [-0.2, -0.15) is 0 Å². The lowest BCUT2D eigenvalue weighted by molar-refractivity contribution is -0.140. The van der Waals surface area contributed by atoms with Crippen LogP contribution in [0.25, 0.3) is 0 Å². The summed E-state index contributed by atoms with van der Waals surface area (Å²) >= 11 is 5.79. The van der Waals surface area contributed by atoms with Gasteiger partial charge in [-0.25, -0.2) is 17.2 Å². The smallest absolute Gasteiger partial charge is 0.244 e. The summed E-state index contributed by atoms with van der Waals surface area (Å²) in [6.45, 7) is 1.02. The maximum Gasteiger partial charge on any atom is 0.244 e. The van der Waals surface area contributed by atoms with Gasteiger partial charge in [0.05, 0.1) is 17.0 Å². The van der Waals surface area contributed by atoms with Gasteiger partial charge in [0.1, 0.15) is 24.2 Å². The van der Waals surface area contributed by atoms with Crippen molar-refractivity contribution in [3.05, 3.63) is 64.7 Å². The zero-order chi connectivity index (χ0) is 24.1. The zero-order valence-corrected chi connectivity index (χ0v) is 19.4. The molecule has 174 valence electrons. The number of carbonyl (C=O) groups excluding carboxylic acids is 2. The Hall–Kier alpha value is -2.72. The summed E-state index contributed by atoms with van der Waals surface area (Å²) in [5.74, 6) is -2.30. The Morgan fingerprint density at radius 1 is 1.12 bits per heavy atom. The molecule has 2 amide bonds. The van der Waals surface area contributed by atoms with Crippen LogP contribution in [0.3, 0.4) is 0 Å². The molecular weight excluding hydrogens is 464 g/mol. The number of amides is 2. The second-order valence-electron chi connectivity index (χ2n) is 7.05. The van der Waals surface area contributed by atoms with E-state index in [0.29, 0.717) is 5.56 Å². The highest BCUT2D eigenvalue weighted by molar-refractivity contribution is 7.92. The van der Waals surface area contributed by atoms with Crippen molar-refractivity contribution >= 4 is 39.1 Å². The van der Waals surface area contributed by atoms with E-state index in [1.807, 2.05) is 0 Å². The molecule has 2 rings (SSSR count). The molecular formula is C21H24ClF2N3O4S. The molecule has 0 heterocycles. The van der Waals surface area contributed by atoms with Crippen molar-refractivity contribution < 1.29 is 26.8 Å². The third-order valence-corrected chi connectivity index (χ3v) is 6.20. The quantitative estimate of drug-likeness (QED) is 0.589. The lowest BCUT2D eigenvalue weighted by Crippen LogP contribution is -2.51. The summed E-state index contributed by atoms with van der Waals surface area (Å²) in [6.07, 6.45) is 1.16. The molecule has 7 nitrogen and oxygen atoms in total. The number of anilines is 1. The third kappa shape index (κ3) is 6.39. The van der Waals surface area contributed by atoms with Crippen LogP contribution in [0.4, 0.5) is 14.5 Å². The number of hydrogen-bond donors (Lipinski definition) is 1. The predicted molar refractivity (Wildman–Crippen MR) is 119 cm³/mol. The van der Waals surface area contributed by atoms with E-state index in [-0.39, 0.29) is 23.7 Å². The average Bonchev–Trinajstić information content (AvgIpc) is 2.74. The van der Waals surface area contributed by atoms with Crippen molar-refractivity contribution in [2.24, 2.45) is 0 Å². The molecule has 0 aliphatic carbocycles. The van der Waals surface area contributed by atoms with E-state index in [0.717, 1.165) is 22.7 Å². The normalized spacial score (nSPS) is 12.2. The first-order valence-corrected chi connectivity index (χ1v) is 11.9. The van der Waals surface area contributed by atoms with Crippen LogP contribution in [0.2, 0.25) is 5.02 Å². The molecule has 32 heavy (non-hydrogen) atoms. The molecule has 1 atom stereocenters. The molecule has 2 aromatic rings. The number of halogens is 3. The van der Waals surface area contributed by atoms with E-state index in [1.54, 1.807) is 6.92 Å². The van der Waals surface area contributed by atoms with Crippen LogP contribution in [0.1, 0.15) is 18.9 Å². The Labute approximate surface area is 191 Å². The minimum Gasteiger partial charge on any atom is -0.357 e. The van der Waals surface area contributed by atoms with E-state index in [4.69, 9.17) is 11.6 Å². The first-order valence-electron chi connectivity index (χ1n) is 9.66. The van der Waals surface area contributed by atoms with Crippen molar-refractivity contribution in [3.63, 3.8) is 0 Å². The molecule has 0 aliphatic heterocycles. The van der Waals surface area contributed by atoms with Crippen LogP contribution in [-0.2, 0) is 26.2 Å². The molecule has 1 N–H and O–H groups in total. The van der Waals surface area contributed by atoms with Crippen molar-refractivity contribution in [2.75, 3.05) is 24.2 Å². The SMILES string of the molecule is CC[C@@H](C(=O)NC)N(Cc1ccc(F)cc1)C(=O)CN(c1ccc(F)c(Cl)c1)S(C)(=O)=O. The Morgan fingerprint density at radius 3 is 2.25 bits per heavy atom. The maximum atomic E-state index is 13.6. The molecule has 0 unspecified atom stereocenters. The molecule has 0 fully saturated rings. The standard InChI is InChI=1S/C21H24ClF2N3O4S/c1-4-19(21(29)25-2)26(12-14-5-7-15(23)8-6-14)20(28)13-27(32(3,30)31)16-9-10-18(24)17(22)11-16/h5-11,19H,4,12-13H2,1-3H3,(H,25,29)/t19-/m0/s1. The van der Waals surface area contributed by atoms with Gasteiger partial charge in [-0.3, -0.25) is 13.9 Å². The molecule has 11 heteroatoms. The van der Waals surface area contributed by atoms with Crippen LogP contribution in [0.15, 0.2) is 42.5 Å². The van der Waals surface area contributed by atoms with Crippen molar-refractivity contribution in [1.29, 1.82) is 0 Å². The van der Waals surface area contributed by atoms with Gasteiger partial charge in [-0.05, 0) is 42.3 Å². The lowest BCUT2D eigenvalue weighted by Gasteiger charge is -2.32. The number of rotatable bonds is 9. The monoisotopic (exact) mass is 487 g/mol. The highest BCUT2D eigenvalue weighted by Crippen LogP contribution is 2.25. The predicted octanol–water partition coefficient (Wildman–Crippen LogP) is 2.94. The van der Waals surface area contributed by atoms with Crippen LogP contribution >= 0.6 is 11.6 Å². The second kappa shape index (κ2) is 10.7. The summed E-state index contributed by atoms with van der Waals surface area (Å²) in [4.78, 5) is 26.9. The Kier molecular flexibility index (Phi) is 8.57. The fourth-order valence-electron chi connectivity index (χ4n) is 3.13. The van der Waals surface area contributed by atoms with Gasteiger partial charge in [0.15, 0.2) is 0 Å². The molecule has 0 saturated carbocycles. The zero-order valence-electron chi connectivity index (χ0n) is 17.8. The summed E-state index contributed by atoms with van der Waals surface area (Å²) in [6, 6.07) is 7.79. The minimum atomic E-state index is -3.96. The second-order valence-corrected chi connectivity index (χ2v) is 9.37. The van der Waals surface area contributed by atoms with Crippen LogP contribution in [0, 0.1) is 11.6 Å². The summed E-state index contributed by atoms with van der Waals surface area (Å²) in [5.41, 5.74) is 0.555. The third-order valence-electron chi connectivity index (χ3n) is 4.77. The van der Waals surface area contributed by atoms with Crippen molar-refractivity contribution in [3.8, 4) is 0 Å². The fraction of sp³-hybridized carbons (Fsp3) is 0.333. The summed E-state index contributed by atoms with van der Waals surface area (Å²) < 4.78 is 52.4. The van der Waals surface area contributed by atoms with Crippen LogP contribution < -0.4 is 9.62 Å².